The van der Waals surface area contributed by atoms with Gasteiger partial charge in [0.15, 0.2) is 5.82 Å². The first-order valence-electron chi connectivity index (χ1n) is 3.92. The summed E-state index contributed by atoms with van der Waals surface area (Å²) in [4.78, 5) is 0.733. The first-order valence-corrected chi connectivity index (χ1v) is 4.37. The van der Waals surface area contributed by atoms with Crippen LogP contribution in [-0.4, -0.2) is 14.9 Å². The van der Waals surface area contributed by atoms with E-state index in [0.717, 1.165) is 10.5 Å². The molecule has 1 aromatic heterocycles. The van der Waals surface area contributed by atoms with Crippen molar-refractivity contribution in [2.45, 2.75) is 4.90 Å². The summed E-state index contributed by atoms with van der Waals surface area (Å²) in [6, 6.07) is 5.39. The van der Waals surface area contributed by atoms with Gasteiger partial charge in [-0.25, -0.2) is 4.68 Å². The minimum Gasteiger partial charge on any atom is -0.398 e. The molecule has 6 heteroatoms. The van der Waals surface area contributed by atoms with Gasteiger partial charge in [0.2, 0.25) is 0 Å². The van der Waals surface area contributed by atoms with Crippen molar-refractivity contribution in [2.24, 2.45) is 0 Å². The van der Waals surface area contributed by atoms with Gasteiger partial charge < -0.3 is 11.6 Å². The predicted octanol–water partition coefficient (Wildman–Crippen LogP) is 0.530. The lowest BCUT2D eigenvalue weighted by Gasteiger charge is -2.03. The largest absolute Gasteiger partial charge is 0.398 e. The third kappa shape index (κ3) is 1.39. The monoisotopic (exact) mass is 207 g/mol. The van der Waals surface area contributed by atoms with Gasteiger partial charge in [-0.1, -0.05) is 0 Å². The van der Waals surface area contributed by atoms with Crippen LogP contribution in [-0.2, 0) is 0 Å². The second kappa shape index (κ2) is 3.22. The molecule has 72 valence electrons. The summed E-state index contributed by atoms with van der Waals surface area (Å²) < 4.78 is 1.34. The van der Waals surface area contributed by atoms with Crippen molar-refractivity contribution < 1.29 is 0 Å². The Morgan fingerprint density at radius 1 is 1.36 bits per heavy atom. The zero-order chi connectivity index (χ0) is 10.1. The molecule has 0 aliphatic heterocycles. The molecule has 0 amide bonds. The SMILES string of the molecule is Nc1cc(-c2nncn2N)ccc1S. The van der Waals surface area contributed by atoms with Gasteiger partial charge in [0.1, 0.15) is 6.33 Å². The van der Waals surface area contributed by atoms with E-state index in [9.17, 15) is 0 Å². The van der Waals surface area contributed by atoms with Crippen LogP contribution in [0.5, 0.6) is 0 Å². The van der Waals surface area contributed by atoms with E-state index in [1.807, 2.05) is 6.07 Å². The Labute approximate surface area is 86.1 Å². The van der Waals surface area contributed by atoms with Gasteiger partial charge in [-0.05, 0) is 18.2 Å². The Bertz CT molecular complexity index is 465. The second-order valence-corrected chi connectivity index (χ2v) is 3.32. The fraction of sp³-hybridized carbons (Fsp3) is 0. The van der Waals surface area contributed by atoms with Gasteiger partial charge in [0.05, 0.1) is 0 Å². The molecule has 2 rings (SSSR count). The van der Waals surface area contributed by atoms with E-state index in [-0.39, 0.29) is 0 Å². The molecular formula is C8H9N5S. The first-order chi connectivity index (χ1) is 6.68. The predicted molar refractivity (Wildman–Crippen MR) is 57.3 cm³/mol. The Morgan fingerprint density at radius 3 is 2.71 bits per heavy atom. The fourth-order valence-corrected chi connectivity index (χ4v) is 1.28. The normalized spacial score (nSPS) is 10.4. The molecule has 14 heavy (non-hydrogen) atoms. The molecule has 1 aromatic carbocycles. The number of rotatable bonds is 1. The van der Waals surface area contributed by atoms with E-state index in [1.54, 1.807) is 12.1 Å². The van der Waals surface area contributed by atoms with Gasteiger partial charge in [-0.2, -0.15) is 0 Å². The second-order valence-electron chi connectivity index (χ2n) is 2.84. The number of anilines is 1. The summed E-state index contributed by atoms with van der Waals surface area (Å²) in [6.45, 7) is 0. The highest BCUT2D eigenvalue weighted by atomic mass is 32.1. The summed E-state index contributed by atoms with van der Waals surface area (Å²) in [5, 5.41) is 7.54. The highest BCUT2D eigenvalue weighted by Gasteiger charge is 2.05. The lowest BCUT2D eigenvalue weighted by atomic mass is 10.2. The van der Waals surface area contributed by atoms with E-state index in [2.05, 4.69) is 22.8 Å². The molecule has 0 saturated carbocycles. The van der Waals surface area contributed by atoms with E-state index in [0.29, 0.717) is 11.5 Å². The van der Waals surface area contributed by atoms with Crippen molar-refractivity contribution in [3.05, 3.63) is 24.5 Å². The molecule has 5 nitrogen and oxygen atoms in total. The van der Waals surface area contributed by atoms with Gasteiger partial charge in [-0.15, -0.1) is 22.8 Å². The van der Waals surface area contributed by atoms with E-state index in [1.165, 1.54) is 11.0 Å². The highest BCUT2D eigenvalue weighted by molar-refractivity contribution is 7.80. The highest BCUT2D eigenvalue weighted by Crippen LogP contribution is 2.23. The summed E-state index contributed by atoms with van der Waals surface area (Å²) in [5.41, 5.74) is 7.11. The lowest BCUT2D eigenvalue weighted by Crippen LogP contribution is -2.08. The Morgan fingerprint density at radius 2 is 2.14 bits per heavy atom. The molecule has 1 heterocycles. The van der Waals surface area contributed by atoms with Gasteiger partial charge in [-0.3, -0.25) is 0 Å². The lowest BCUT2D eigenvalue weighted by molar-refractivity contribution is 1.01. The summed E-state index contributed by atoms with van der Waals surface area (Å²) in [7, 11) is 0. The summed E-state index contributed by atoms with van der Waals surface area (Å²) in [5.74, 6) is 6.17. The van der Waals surface area contributed by atoms with Crippen molar-refractivity contribution >= 4 is 18.3 Å². The van der Waals surface area contributed by atoms with E-state index >= 15 is 0 Å². The topological polar surface area (TPSA) is 82.8 Å². The number of benzene rings is 1. The summed E-state index contributed by atoms with van der Waals surface area (Å²) >= 11 is 4.17. The molecule has 0 saturated heterocycles. The van der Waals surface area contributed by atoms with Crippen LogP contribution in [0.1, 0.15) is 0 Å². The van der Waals surface area contributed by atoms with Crippen LogP contribution in [0.3, 0.4) is 0 Å². The molecule has 0 fully saturated rings. The Hall–Kier alpha value is -1.69. The number of nitrogens with two attached hydrogens (primary N) is 2. The van der Waals surface area contributed by atoms with Crippen LogP contribution in [0.25, 0.3) is 11.4 Å². The van der Waals surface area contributed by atoms with Crippen LogP contribution < -0.4 is 11.6 Å². The average Bonchev–Trinajstić information content (AvgIpc) is 2.57. The van der Waals surface area contributed by atoms with Gasteiger partial charge in [0.25, 0.3) is 0 Å². The van der Waals surface area contributed by atoms with E-state index in [4.69, 9.17) is 11.6 Å². The third-order valence-corrected chi connectivity index (χ3v) is 2.27. The van der Waals surface area contributed by atoms with Crippen molar-refractivity contribution in [2.75, 3.05) is 11.6 Å². The number of thiol groups is 1. The molecule has 0 unspecified atom stereocenters. The van der Waals surface area contributed by atoms with Crippen molar-refractivity contribution in [3.63, 3.8) is 0 Å². The molecule has 2 aromatic rings. The van der Waals surface area contributed by atoms with Crippen LogP contribution >= 0.6 is 12.6 Å². The molecule has 0 spiro atoms. The molecule has 0 radical (unpaired) electrons. The third-order valence-electron chi connectivity index (χ3n) is 1.86. The Kier molecular flexibility index (Phi) is 2.05. The zero-order valence-corrected chi connectivity index (χ0v) is 8.15. The van der Waals surface area contributed by atoms with Crippen LogP contribution in [0.15, 0.2) is 29.4 Å². The average molecular weight is 207 g/mol. The quantitative estimate of drug-likeness (QED) is 0.362. The molecule has 0 atom stereocenters. The van der Waals surface area contributed by atoms with Crippen molar-refractivity contribution in [1.82, 2.24) is 14.9 Å². The number of nitrogens with zero attached hydrogens (tertiary/aromatic N) is 3. The molecular weight excluding hydrogens is 198 g/mol. The molecule has 0 aliphatic rings. The number of hydrogen-bond acceptors (Lipinski definition) is 5. The van der Waals surface area contributed by atoms with Crippen molar-refractivity contribution in [3.8, 4) is 11.4 Å². The smallest absolute Gasteiger partial charge is 0.182 e. The number of hydrogen-bond donors (Lipinski definition) is 3. The standard InChI is InChI=1S/C8H9N5S/c9-6-3-5(1-2-7(6)14)8-12-11-4-13(8)10/h1-4,14H,9-10H2. The number of nitrogen functional groups attached to an aromatic ring is 2. The number of aromatic nitrogens is 3. The van der Waals surface area contributed by atoms with Gasteiger partial charge in [0, 0.05) is 16.1 Å². The first kappa shape index (κ1) is 8.89. The molecule has 4 N–H and O–H groups in total. The van der Waals surface area contributed by atoms with E-state index < -0.39 is 0 Å². The maximum absolute atomic E-state index is 5.70. The minimum absolute atomic E-state index is 0.574. The van der Waals surface area contributed by atoms with Crippen molar-refractivity contribution in [1.29, 1.82) is 0 Å². The summed E-state index contributed by atoms with van der Waals surface area (Å²) in [6.07, 6.45) is 1.43. The molecule has 0 aliphatic carbocycles. The fourth-order valence-electron chi connectivity index (χ4n) is 1.14. The van der Waals surface area contributed by atoms with Crippen LogP contribution in [0.4, 0.5) is 5.69 Å². The Balaban J connectivity index is 2.53. The maximum atomic E-state index is 5.70. The van der Waals surface area contributed by atoms with Crippen LogP contribution in [0.2, 0.25) is 0 Å². The van der Waals surface area contributed by atoms with Crippen LogP contribution in [0, 0.1) is 0 Å². The zero-order valence-electron chi connectivity index (χ0n) is 7.25. The van der Waals surface area contributed by atoms with Gasteiger partial charge >= 0.3 is 0 Å². The molecule has 0 bridgehead atoms. The maximum Gasteiger partial charge on any atom is 0.182 e. The minimum atomic E-state index is 0.574.